The van der Waals surface area contributed by atoms with Crippen LogP contribution in [0.1, 0.15) is 56.2 Å². The van der Waals surface area contributed by atoms with Gasteiger partial charge in [-0.05, 0) is 41.6 Å². The van der Waals surface area contributed by atoms with Gasteiger partial charge in [-0.2, -0.15) is 0 Å². The van der Waals surface area contributed by atoms with Gasteiger partial charge < -0.3 is 17.6 Å². The summed E-state index contributed by atoms with van der Waals surface area (Å²) in [6.07, 6.45) is 0. The van der Waals surface area contributed by atoms with E-state index in [1.807, 2.05) is 18.2 Å². The first-order chi connectivity index (χ1) is 14.0. The van der Waals surface area contributed by atoms with Crippen molar-refractivity contribution >= 4 is 0 Å². The van der Waals surface area contributed by atoms with Crippen LogP contribution in [-0.4, -0.2) is 13.1 Å². The zero-order chi connectivity index (χ0) is 21.5. The molecule has 0 heterocycles. The third kappa shape index (κ3) is 10.9. The Hall–Kier alpha value is -2.46. The molecule has 0 amide bonds. The Kier molecular flexibility index (Phi) is 15.0. The zero-order valence-corrected chi connectivity index (χ0v) is 19.2. The van der Waals surface area contributed by atoms with Gasteiger partial charge in [0.05, 0.1) is 0 Å². The maximum absolute atomic E-state index is 5.50. The molecule has 0 aliphatic carbocycles. The van der Waals surface area contributed by atoms with Crippen LogP contribution in [-0.2, 0) is 0 Å². The second-order valence-corrected chi connectivity index (χ2v) is 7.72. The summed E-state index contributed by atoms with van der Waals surface area (Å²) in [5, 5.41) is 0. The fraction of sp³-hybridized carbons (Fsp3) is 0.333. The van der Waals surface area contributed by atoms with Gasteiger partial charge in [-0.25, -0.2) is 0 Å². The predicted molar refractivity (Wildman–Crippen MR) is 133 cm³/mol. The lowest BCUT2D eigenvalue weighted by Crippen LogP contribution is -2.08. The van der Waals surface area contributed by atoms with E-state index >= 15 is 0 Å². The Labute approximate surface area is 184 Å². The number of hydrogen-bond donors (Lipinski definition) is 3. The second-order valence-electron chi connectivity index (χ2n) is 7.72. The van der Waals surface area contributed by atoms with Crippen molar-refractivity contribution in [3.63, 3.8) is 0 Å². The van der Waals surface area contributed by atoms with Crippen LogP contribution in [0.3, 0.4) is 0 Å². The van der Waals surface area contributed by atoms with Crippen molar-refractivity contribution in [3.05, 3.63) is 108 Å². The smallest absolute Gasteiger partial charge is 0.00610 e. The SMILES string of the molecule is CC(C)CN.CC(CN)c1ccccc1.CC(c1ccccc1)c1ccccc1.N. The second kappa shape index (κ2) is 16.3. The van der Waals surface area contributed by atoms with Gasteiger partial charge in [-0.15, -0.1) is 0 Å². The third-order valence-corrected chi connectivity index (χ3v) is 4.79. The maximum atomic E-state index is 5.50. The van der Waals surface area contributed by atoms with Crippen molar-refractivity contribution in [1.29, 1.82) is 0 Å². The first-order valence-electron chi connectivity index (χ1n) is 10.5. The van der Waals surface area contributed by atoms with Gasteiger partial charge in [0, 0.05) is 5.92 Å². The Bertz CT molecular complexity index is 703. The van der Waals surface area contributed by atoms with Crippen molar-refractivity contribution in [1.82, 2.24) is 6.15 Å². The molecule has 3 heteroatoms. The van der Waals surface area contributed by atoms with Crippen molar-refractivity contribution in [2.75, 3.05) is 13.1 Å². The Morgan fingerprint density at radius 1 is 0.533 bits per heavy atom. The van der Waals surface area contributed by atoms with E-state index in [2.05, 4.69) is 100 Å². The monoisotopic (exact) mass is 407 g/mol. The largest absolute Gasteiger partial charge is 0.344 e. The lowest BCUT2D eigenvalue weighted by atomic mass is 9.93. The molecule has 0 fully saturated rings. The van der Waals surface area contributed by atoms with Gasteiger partial charge in [-0.1, -0.05) is 119 Å². The van der Waals surface area contributed by atoms with Crippen LogP contribution < -0.4 is 17.6 Å². The summed E-state index contributed by atoms with van der Waals surface area (Å²) in [5.74, 6) is 1.63. The van der Waals surface area contributed by atoms with Crippen molar-refractivity contribution < 1.29 is 0 Å². The first kappa shape index (κ1) is 27.5. The van der Waals surface area contributed by atoms with Crippen LogP contribution in [0.4, 0.5) is 0 Å². The minimum atomic E-state index is 0. The zero-order valence-electron chi connectivity index (χ0n) is 19.2. The standard InChI is InChI=1S/C14H14.C9H13N.C4H11N.H3N/c1-12(13-8-4-2-5-9-13)14-10-6-3-7-11-14;1-8(7-10)9-5-3-2-4-6-9;1-4(2)3-5;/h2-12H,1H3;2-6,8H,7,10H2,1H3;4H,3,5H2,1-2H3;1H3. The van der Waals surface area contributed by atoms with Crippen LogP contribution in [0.5, 0.6) is 0 Å². The van der Waals surface area contributed by atoms with Gasteiger partial charge in [0.15, 0.2) is 0 Å². The Morgan fingerprint density at radius 3 is 1.10 bits per heavy atom. The summed E-state index contributed by atoms with van der Waals surface area (Å²) < 4.78 is 0. The Morgan fingerprint density at radius 2 is 0.833 bits per heavy atom. The molecular weight excluding hydrogens is 366 g/mol. The quantitative estimate of drug-likeness (QED) is 0.460. The molecule has 0 bridgehead atoms. The average molecular weight is 408 g/mol. The van der Waals surface area contributed by atoms with Crippen molar-refractivity contribution in [2.24, 2.45) is 17.4 Å². The number of hydrogen-bond acceptors (Lipinski definition) is 3. The molecule has 3 aromatic carbocycles. The molecule has 30 heavy (non-hydrogen) atoms. The highest BCUT2D eigenvalue weighted by Crippen LogP contribution is 2.22. The van der Waals surface area contributed by atoms with E-state index in [1.54, 1.807) is 0 Å². The molecule has 1 atom stereocenters. The van der Waals surface area contributed by atoms with Crippen molar-refractivity contribution in [3.8, 4) is 0 Å². The summed E-state index contributed by atoms with van der Waals surface area (Å²) in [5.41, 5.74) is 14.7. The Balaban J connectivity index is 0.000000463. The van der Waals surface area contributed by atoms with Crippen LogP contribution in [0.2, 0.25) is 0 Å². The average Bonchev–Trinajstić information content (AvgIpc) is 2.80. The summed E-state index contributed by atoms with van der Waals surface area (Å²) in [6.45, 7) is 10.1. The molecule has 1 unspecified atom stereocenters. The molecule has 0 aliphatic heterocycles. The van der Waals surface area contributed by atoms with E-state index in [-0.39, 0.29) is 6.15 Å². The molecule has 0 spiro atoms. The number of rotatable bonds is 5. The van der Waals surface area contributed by atoms with Gasteiger partial charge in [0.2, 0.25) is 0 Å². The number of nitrogens with two attached hydrogens (primary N) is 2. The molecule has 7 N–H and O–H groups in total. The molecule has 0 saturated heterocycles. The highest BCUT2D eigenvalue weighted by Gasteiger charge is 2.05. The molecule has 3 rings (SSSR count). The third-order valence-electron chi connectivity index (χ3n) is 4.79. The lowest BCUT2D eigenvalue weighted by Gasteiger charge is -2.11. The fourth-order valence-electron chi connectivity index (χ4n) is 2.59. The minimum Gasteiger partial charge on any atom is -0.344 e. The van der Waals surface area contributed by atoms with E-state index in [4.69, 9.17) is 11.5 Å². The fourth-order valence-corrected chi connectivity index (χ4v) is 2.59. The van der Waals surface area contributed by atoms with E-state index < -0.39 is 0 Å². The lowest BCUT2D eigenvalue weighted by molar-refractivity contribution is 0.664. The summed E-state index contributed by atoms with van der Waals surface area (Å²) in [7, 11) is 0. The molecule has 164 valence electrons. The summed E-state index contributed by atoms with van der Waals surface area (Å²) in [4.78, 5) is 0. The highest BCUT2D eigenvalue weighted by molar-refractivity contribution is 5.31. The highest BCUT2D eigenvalue weighted by atomic mass is 14.5. The van der Waals surface area contributed by atoms with Gasteiger partial charge in [0.25, 0.3) is 0 Å². The molecule has 3 nitrogen and oxygen atoms in total. The van der Waals surface area contributed by atoms with Crippen LogP contribution in [0, 0.1) is 5.92 Å². The molecule has 0 saturated carbocycles. The topological polar surface area (TPSA) is 87.0 Å². The van der Waals surface area contributed by atoms with E-state index in [0.29, 0.717) is 17.8 Å². The van der Waals surface area contributed by atoms with Crippen molar-refractivity contribution in [2.45, 2.75) is 39.5 Å². The van der Waals surface area contributed by atoms with Crippen LogP contribution in [0.15, 0.2) is 91.0 Å². The van der Waals surface area contributed by atoms with Gasteiger partial charge >= 0.3 is 0 Å². The van der Waals surface area contributed by atoms with E-state index in [1.165, 1.54) is 16.7 Å². The van der Waals surface area contributed by atoms with E-state index in [0.717, 1.165) is 13.1 Å². The minimum absolute atomic E-state index is 0. The van der Waals surface area contributed by atoms with Crippen LogP contribution >= 0.6 is 0 Å². The number of benzene rings is 3. The first-order valence-corrected chi connectivity index (χ1v) is 10.5. The molecule has 0 radical (unpaired) electrons. The maximum Gasteiger partial charge on any atom is 0.00610 e. The van der Waals surface area contributed by atoms with Crippen LogP contribution in [0.25, 0.3) is 0 Å². The van der Waals surface area contributed by atoms with Gasteiger partial charge in [-0.3, -0.25) is 0 Å². The molecule has 3 aromatic rings. The summed E-state index contributed by atoms with van der Waals surface area (Å²) >= 11 is 0. The van der Waals surface area contributed by atoms with E-state index in [9.17, 15) is 0 Å². The van der Waals surface area contributed by atoms with Gasteiger partial charge in [0.1, 0.15) is 0 Å². The molecule has 0 aromatic heterocycles. The molecular formula is C27H41N3. The summed E-state index contributed by atoms with van der Waals surface area (Å²) in [6, 6.07) is 31.5. The normalized spacial score (nSPS) is 10.8. The predicted octanol–water partition coefficient (Wildman–Crippen LogP) is 6.35. The molecule has 0 aliphatic rings.